The van der Waals surface area contributed by atoms with E-state index >= 15 is 0 Å². The highest BCUT2D eigenvalue weighted by molar-refractivity contribution is 7.12. The van der Waals surface area contributed by atoms with Crippen LogP contribution in [0.15, 0.2) is 12.4 Å². The van der Waals surface area contributed by atoms with Crippen LogP contribution in [0.2, 0.25) is 0 Å². The summed E-state index contributed by atoms with van der Waals surface area (Å²) >= 11 is 1.84. The van der Waals surface area contributed by atoms with Crippen LogP contribution in [0.1, 0.15) is 27.8 Å². The number of aromatic nitrogens is 2. The van der Waals surface area contributed by atoms with Gasteiger partial charge in [-0.3, -0.25) is 0 Å². The van der Waals surface area contributed by atoms with Gasteiger partial charge in [0.1, 0.15) is 18.0 Å². The van der Waals surface area contributed by atoms with E-state index in [1.165, 1.54) is 15.3 Å². The Morgan fingerprint density at radius 3 is 2.53 bits per heavy atom. The van der Waals surface area contributed by atoms with Crippen molar-refractivity contribution in [1.29, 1.82) is 0 Å². The smallest absolute Gasteiger partial charge is 0.135 e. The molecule has 102 valence electrons. The first kappa shape index (κ1) is 13.8. The maximum absolute atomic E-state index is 4.34. The van der Waals surface area contributed by atoms with E-state index in [-0.39, 0.29) is 0 Å². The highest BCUT2D eigenvalue weighted by Crippen LogP contribution is 2.24. The molecule has 0 saturated heterocycles. The molecule has 19 heavy (non-hydrogen) atoms. The van der Waals surface area contributed by atoms with Gasteiger partial charge >= 0.3 is 0 Å². The maximum Gasteiger partial charge on any atom is 0.135 e. The Balaban J connectivity index is 2.15. The Morgan fingerprint density at radius 2 is 1.95 bits per heavy atom. The molecule has 0 spiro atoms. The second-order valence-electron chi connectivity index (χ2n) is 4.46. The van der Waals surface area contributed by atoms with Gasteiger partial charge in [0.25, 0.3) is 0 Å². The largest absolute Gasteiger partial charge is 0.373 e. The molecule has 0 aliphatic rings. The molecule has 2 rings (SSSR count). The van der Waals surface area contributed by atoms with Crippen molar-refractivity contribution in [3.63, 3.8) is 0 Å². The second kappa shape index (κ2) is 6.02. The van der Waals surface area contributed by atoms with E-state index in [1.807, 2.05) is 18.4 Å². The fourth-order valence-electron chi connectivity index (χ4n) is 2.02. The van der Waals surface area contributed by atoms with E-state index in [4.69, 9.17) is 0 Å². The lowest BCUT2D eigenvalue weighted by atomic mass is 10.2. The third-order valence-corrected chi connectivity index (χ3v) is 4.34. The van der Waals surface area contributed by atoms with Crippen LogP contribution in [0.5, 0.6) is 0 Å². The van der Waals surface area contributed by atoms with Gasteiger partial charge in [-0.05, 0) is 31.9 Å². The molecule has 5 heteroatoms. The van der Waals surface area contributed by atoms with Crippen molar-refractivity contribution in [2.75, 3.05) is 17.7 Å². The molecule has 0 saturated carbocycles. The zero-order valence-electron chi connectivity index (χ0n) is 11.9. The molecule has 2 aromatic heterocycles. The number of hydrogen-bond acceptors (Lipinski definition) is 5. The van der Waals surface area contributed by atoms with E-state index in [0.717, 1.165) is 30.2 Å². The third kappa shape index (κ3) is 3.04. The minimum absolute atomic E-state index is 0.812. The number of rotatable bonds is 5. The van der Waals surface area contributed by atoms with Crippen molar-refractivity contribution < 1.29 is 0 Å². The fraction of sp³-hybridized carbons (Fsp3) is 0.429. The molecule has 2 aromatic rings. The predicted molar refractivity (Wildman–Crippen MR) is 82.1 cm³/mol. The molecular weight excluding hydrogens is 256 g/mol. The monoisotopic (exact) mass is 276 g/mol. The first-order valence-electron chi connectivity index (χ1n) is 6.47. The summed E-state index contributed by atoms with van der Waals surface area (Å²) in [6, 6.07) is 2.23. The molecule has 0 bridgehead atoms. The van der Waals surface area contributed by atoms with Crippen molar-refractivity contribution in [3.05, 3.63) is 33.3 Å². The summed E-state index contributed by atoms with van der Waals surface area (Å²) in [5.41, 5.74) is 2.49. The summed E-state index contributed by atoms with van der Waals surface area (Å²) in [7, 11) is 1.89. The third-order valence-electron chi connectivity index (χ3n) is 3.18. The van der Waals surface area contributed by atoms with Crippen LogP contribution in [-0.2, 0) is 13.0 Å². The summed E-state index contributed by atoms with van der Waals surface area (Å²) in [4.78, 5) is 11.3. The van der Waals surface area contributed by atoms with E-state index < -0.39 is 0 Å². The van der Waals surface area contributed by atoms with Crippen LogP contribution in [0, 0.1) is 13.8 Å². The number of nitrogens with zero attached hydrogens (tertiary/aromatic N) is 2. The molecule has 0 aliphatic heterocycles. The number of hydrogen-bond donors (Lipinski definition) is 2. The SMILES string of the molecule is CCc1c(NC)ncnc1NCc1cc(C)c(C)s1. The Labute approximate surface area is 118 Å². The van der Waals surface area contributed by atoms with Gasteiger partial charge < -0.3 is 10.6 Å². The average Bonchev–Trinajstić information content (AvgIpc) is 2.74. The number of anilines is 2. The first-order chi connectivity index (χ1) is 9.15. The molecule has 0 amide bonds. The average molecular weight is 276 g/mol. The Hall–Kier alpha value is -1.62. The summed E-state index contributed by atoms with van der Waals surface area (Å²) < 4.78 is 0. The van der Waals surface area contributed by atoms with Crippen LogP contribution >= 0.6 is 11.3 Å². The van der Waals surface area contributed by atoms with Crippen LogP contribution in [0.3, 0.4) is 0 Å². The van der Waals surface area contributed by atoms with Crippen LogP contribution in [0.25, 0.3) is 0 Å². The summed E-state index contributed by atoms with van der Waals surface area (Å²) in [6.07, 6.45) is 2.50. The molecule has 0 aliphatic carbocycles. The number of thiophene rings is 1. The lowest BCUT2D eigenvalue weighted by Gasteiger charge is -2.12. The quantitative estimate of drug-likeness (QED) is 0.879. The molecule has 2 heterocycles. The topological polar surface area (TPSA) is 49.8 Å². The minimum Gasteiger partial charge on any atom is -0.373 e. The lowest BCUT2D eigenvalue weighted by Crippen LogP contribution is -2.07. The summed E-state index contributed by atoms with van der Waals surface area (Å²) in [5, 5.41) is 6.52. The molecule has 0 fully saturated rings. The van der Waals surface area contributed by atoms with E-state index in [2.05, 4.69) is 47.4 Å². The minimum atomic E-state index is 0.812. The fourth-order valence-corrected chi connectivity index (χ4v) is 3.02. The van der Waals surface area contributed by atoms with Crippen molar-refractivity contribution in [3.8, 4) is 0 Å². The Morgan fingerprint density at radius 1 is 1.21 bits per heavy atom. The van der Waals surface area contributed by atoms with Crippen LogP contribution < -0.4 is 10.6 Å². The lowest BCUT2D eigenvalue weighted by molar-refractivity contribution is 1.02. The number of aryl methyl sites for hydroxylation is 2. The van der Waals surface area contributed by atoms with Crippen molar-refractivity contribution >= 4 is 23.0 Å². The van der Waals surface area contributed by atoms with Crippen LogP contribution in [-0.4, -0.2) is 17.0 Å². The first-order valence-corrected chi connectivity index (χ1v) is 7.28. The van der Waals surface area contributed by atoms with Gasteiger partial charge in [-0.2, -0.15) is 0 Å². The highest BCUT2D eigenvalue weighted by atomic mass is 32.1. The molecule has 0 radical (unpaired) electrons. The standard InChI is InChI=1S/C14H20N4S/c1-5-12-13(15-4)17-8-18-14(12)16-7-11-6-9(2)10(3)19-11/h6,8H,5,7H2,1-4H3,(H2,15,16,17,18). The van der Waals surface area contributed by atoms with Gasteiger partial charge in [0.15, 0.2) is 0 Å². The van der Waals surface area contributed by atoms with Gasteiger partial charge in [-0.15, -0.1) is 11.3 Å². The highest BCUT2D eigenvalue weighted by Gasteiger charge is 2.09. The van der Waals surface area contributed by atoms with Gasteiger partial charge in [-0.1, -0.05) is 6.92 Å². The van der Waals surface area contributed by atoms with Crippen molar-refractivity contribution in [1.82, 2.24) is 9.97 Å². The zero-order chi connectivity index (χ0) is 13.8. The summed E-state index contributed by atoms with van der Waals surface area (Å²) in [6.45, 7) is 7.23. The molecular formula is C14H20N4S. The Bertz CT molecular complexity index is 543. The van der Waals surface area contributed by atoms with E-state index in [0.29, 0.717) is 0 Å². The zero-order valence-corrected chi connectivity index (χ0v) is 12.7. The van der Waals surface area contributed by atoms with Crippen LogP contribution in [0.4, 0.5) is 11.6 Å². The van der Waals surface area contributed by atoms with E-state index in [9.17, 15) is 0 Å². The van der Waals surface area contributed by atoms with Gasteiger partial charge in [0.05, 0.1) is 6.54 Å². The predicted octanol–water partition coefficient (Wildman–Crippen LogP) is 3.37. The normalized spacial score (nSPS) is 10.5. The molecule has 4 nitrogen and oxygen atoms in total. The molecule has 0 atom stereocenters. The maximum atomic E-state index is 4.34. The van der Waals surface area contributed by atoms with Gasteiger partial charge in [-0.25, -0.2) is 9.97 Å². The summed E-state index contributed by atoms with van der Waals surface area (Å²) in [5.74, 6) is 1.82. The molecule has 0 unspecified atom stereocenters. The Kier molecular flexibility index (Phi) is 4.37. The number of nitrogens with one attached hydrogen (secondary N) is 2. The molecule has 2 N–H and O–H groups in total. The molecule has 0 aromatic carbocycles. The van der Waals surface area contributed by atoms with Gasteiger partial charge in [0.2, 0.25) is 0 Å². The van der Waals surface area contributed by atoms with Gasteiger partial charge in [0, 0.05) is 22.4 Å². The van der Waals surface area contributed by atoms with E-state index in [1.54, 1.807) is 6.33 Å². The second-order valence-corrected chi connectivity index (χ2v) is 5.80. The van der Waals surface area contributed by atoms with Crippen molar-refractivity contribution in [2.45, 2.75) is 33.7 Å². The van der Waals surface area contributed by atoms with Crippen molar-refractivity contribution in [2.24, 2.45) is 0 Å².